The Balaban J connectivity index is 2.18. The monoisotopic (exact) mass is 425 g/mol. The number of aryl methyl sites for hydroxylation is 2. The second-order valence-corrected chi connectivity index (χ2v) is 7.63. The minimum absolute atomic E-state index is 0.150. The maximum absolute atomic E-state index is 12.3. The van der Waals surface area contributed by atoms with Gasteiger partial charge in [-0.05, 0) is 51.5 Å². The topological polar surface area (TPSA) is 101 Å². The summed E-state index contributed by atoms with van der Waals surface area (Å²) in [7, 11) is 3.26. The molecular formula is C23H31N5O3. The van der Waals surface area contributed by atoms with Gasteiger partial charge in [-0.15, -0.1) is 0 Å². The molecule has 2 rings (SSSR count). The SMILES string of the molecule is C=C/C=C(\C=C/CC(O)C(C)(C)OC)Nc1ncc(C)c(Nc2cccn(C)c2=O)n1. The molecule has 0 bridgehead atoms. The van der Waals surface area contributed by atoms with Crippen LogP contribution >= 0.6 is 0 Å². The number of rotatable bonds is 10. The van der Waals surface area contributed by atoms with Crippen LogP contribution in [0.4, 0.5) is 17.5 Å². The zero-order valence-electron chi connectivity index (χ0n) is 18.7. The maximum Gasteiger partial charge on any atom is 0.274 e. The van der Waals surface area contributed by atoms with Crippen LogP contribution in [-0.2, 0) is 11.8 Å². The number of allylic oxidation sites excluding steroid dienone is 3. The summed E-state index contributed by atoms with van der Waals surface area (Å²) in [5, 5.41) is 16.5. The molecule has 2 heterocycles. The number of methoxy groups -OCH3 is 1. The number of aliphatic hydroxyl groups is 1. The van der Waals surface area contributed by atoms with Crippen LogP contribution in [0.3, 0.4) is 0 Å². The summed E-state index contributed by atoms with van der Waals surface area (Å²) in [6.07, 6.45) is 10.2. The van der Waals surface area contributed by atoms with Gasteiger partial charge in [0.2, 0.25) is 5.95 Å². The molecule has 0 radical (unpaired) electrons. The summed E-state index contributed by atoms with van der Waals surface area (Å²) in [5.74, 6) is 0.886. The van der Waals surface area contributed by atoms with Gasteiger partial charge in [-0.1, -0.05) is 18.7 Å². The average molecular weight is 426 g/mol. The summed E-state index contributed by atoms with van der Waals surface area (Å²) in [6.45, 7) is 9.26. The molecule has 1 unspecified atom stereocenters. The average Bonchev–Trinajstić information content (AvgIpc) is 2.73. The first kappa shape index (κ1) is 24.0. The van der Waals surface area contributed by atoms with Crippen LogP contribution in [0, 0.1) is 6.92 Å². The van der Waals surface area contributed by atoms with E-state index in [-0.39, 0.29) is 5.56 Å². The van der Waals surface area contributed by atoms with E-state index in [1.807, 2.05) is 32.9 Å². The first-order valence-corrected chi connectivity index (χ1v) is 9.93. The van der Waals surface area contributed by atoms with Gasteiger partial charge >= 0.3 is 0 Å². The van der Waals surface area contributed by atoms with Crippen molar-refractivity contribution in [2.45, 2.75) is 38.9 Å². The second-order valence-electron chi connectivity index (χ2n) is 7.63. The lowest BCUT2D eigenvalue weighted by molar-refractivity contribution is -0.0754. The van der Waals surface area contributed by atoms with Gasteiger partial charge in [0.15, 0.2) is 0 Å². The zero-order valence-corrected chi connectivity index (χ0v) is 18.7. The normalized spacial score (nSPS) is 13.3. The highest BCUT2D eigenvalue weighted by atomic mass is 16.5. The molecule has 0 amide bonds. The van der Waals surface area contributed by atoms with Gasteiger partial charge in [-0.25, -0.2) is 4.98 Å². The molecule has 0 saturated carbocycles. The fraction of sp³-hybridized carbons (Fsp3) is 0.348. The Labute approximate surface area is 183 Å². The predicted molar refractivity (Wildman–Crippen MR) is 124 cm³/mol. The minimum Gasteiger partial charge on any atom is -0.390 e. The summed E-state index contributed by atoms with van der Waals surface area (Å²) in [4.78, 5) is 21.1. The summed E-state index contributed by atoms with van der Waals surface area (Å²) in [5.41, 5.74) is 1.13. The number of aromatic nitrogens is 3. The third kappa shape index (κ3) is 6.63. The molecule has 1 atom stereocenters. The highest BCUT2D eigenvalue weighted by Gasteiger charge is 2.25. The number of anilines is 3. The molecule has 0 aromatic carbocycles. The first-order chi connectivity index (χ1) is 14.7. The third-order valence-electron chi connectivity index (χ3n) is 4.89. The molecule has 8 nitrogen and oxygen atoms in total. The quantitative estimate of drug-likeness (QED) is 0.501. The first-order valence-electron chi connectivity index (χ1n) is 9.93. The van der Waals surface area contributed by atoms with E-state index >= 15 is 0 Å². The Morgan fingerprint density at radius 2 is 2.19 bits per heavy atom. The largest absolute Gasteiger partial charge is 0.390 e. The van der Waals surface area contributed by atoms with Gasteiger partial charge in [0.05, 0.1) is 11.7 Å². The van der Waals surface area contributed by atoms with E-state index in [0.29, 0.717) is 29.6 Å². The molecule has 3 N–H and O–H groups in total. The van der Waals surface area contributed by atoms with Gasteiger partial charge in [0.1, 0.15) is 11.5 Å². The molecule has 8 heteroatoms. The van der Waals surface area contributed by atoms with E-state index in [1.165, 1.54) is 4.57 Å². The molecule has 2 aromatic rings. The second kappa shape index (κ2) is 10.7. The maximum atomic E-state index is 12.3. The Morgan fingerprint density at radius 1 is 1.45 bits per heavy atom. The Morgan fingerprint density at radius 3 is 2.87 bits per heavy atom. The van der Waals surface area contributed by atoms with Crippen molar-refractivity contribution in [2.75, 3.05) is 17.7 Å². The fourth-order valence-corrected chi connectivity index (χ4v) is 2.59. The van der Waals surface area contributed by atoms with Crippen LogP contribution in [-0.4, -0.2) is 38.5 Å². The van der Waals surface area contributed by atoms with E-state index in [9.17, 15) is 9.90 Å². The van der Waals surface area contributed by atoms with Crippen molar-refractivity contribution in [3.8, 4) is 0 Å². The van der Waals surface area contributed by atoms with Gasteiger partial charge in [0.25, 0.3) is 5.56 Å². The molecule has 31 heavy (non-hydrogen) atoms. The lowest BCUT2D eigenvalue weighted by Gasteiger charge is -2.28. The lowest BCUT2D eigenvalue weighted by atomic mass is 9.98. The van der Waals surface area contributed by atoms with E-state index in [0.717, 1.165) is 5.56 Å². The standard InChI is InChI=1S/C23H31N5O3/c1-7-10-17(11-8-13-19(29)23(3,4)31-6)25-22-24-15-16(2)20(27-22)26-18-12-9-14-28(5)21(18)30/h7-12,14-15,19,29H,1,13H2,2-6H3,(H2,24,25,26,27)/b11-8-,17-10+. The molecule has 0 saturated heterocycles. The van der Waals surface area contributed by atoms with Crippen molar-refractivity contribution >= 4 is 17.5 Å². The zero-order chi connectivity index (χ0) is 23.0. The number of hydrogen-bond donors (Lipinski definition) is 3. The predicted octanol–water partition coefficient (Wildman–Crippen LogP) is 3.44. The number of pyridine rings is 1. The van der Waals surface area contributed by atoms with Crippen LogP contribution in [0.2, 0.25) is 0 Å². The molecule has 0 aliphatic rings. The molecule has 166 valence electrons. The van der Waals surface area contributed by atoms with E-state index in [4.69, 9.17) is 4.74 Å². The van der Waals surface area contributed by atoms with Crippen molar-refractivity contribution in [3.63, 3.8) is 0 Å². The van der Waals surface area contributed by atoms with Gasteiger partial charge in [-0.2, -0.15) is 4.98 Å². The Bertz CT molecular complexity index is 1020. The van der Waals surface area contributed by atoms with Crippen LogP contribution in [0.25, 0.3) is 0 Å². The fourth-order valence-electron chi connectivity index (χ4n) is 2.59. The van der Waals surface area contributed by atoms with Crippen molar-refractivity contribution < 1.29 is 9.84 Å². The van der Waals surface area contributed by atoms with Crippen LogP contribution in [0.15, 0.2) is 65.9 Å². The van der Waals surface area contributed by atoms with Crippen LogP contribution in [0.5, 0.6) is 0 Å². The highest BCUT2D eigenvalue weighted by Crippen LogP contribution is 2.19. The number of ether oxygens (including phenoxy) is 1. The Kier molecular flexibility index (Phi) is 8.30. The lowest BCUT2D eigenvalue weighted by Crippen LogP contribution is -2.37. The van der Waals surface area contributed by atoms with E-state index < -0.39 is 11.7 Å². The smallest absolute Gasteiger partial charge is 0.274 e. The number of nitrogens with zero attached hydrogens (tertiary/aromatic N) is 3. The molecule has 2 aromatic heterocycles. The molecule has 0 aliphatic carbocycles. The van der Waals surface area contributed by atoms with Crippen LogP contribution < -0.4 is 16.2 Å². The molecule has 0 aliphatic heterocycles. The van der Waals surface area contributed by atoms with E-state index in [2.05, 4.69) is 27.2 Å². The number of aliphatic hydroxyl groups excluding tert-OH is 1. The summed E-state index contributed by atoms with van der Waals surface area (Å²) >= 11 is 0. The van der Waals surface area contributed by atoms with Gasteiger partial charge < -0.3 is 25.0 Å². The van der Waals surface area contributed by atoms with E-state index in [1.54, 1.807) is 50.8 Å². The summed E-state index contributed by atoms with van der Waals surface area (Å²) in [6, 6.07) is 3.49. The number of hydrogen-bond acceptors (Lipinski definition) is 7. The summed E-state index contributed by atoms with van der Waals surface area (Å²) < 4.78 is 6.80. The van der Waals surface area contributed by atoms with Gasteiger partial charge in [0, 0.05) is 37.8 Å². The highest BCUT2D eigenvalue weighted by molar-refractivity contribution is 5.59. The van der Waals surface area contributed by atoms with Crippen molar-refractivity contribution in [2.24, 2.45) is 7.05 Å². The minimum atomic E-state index is -0.654. The molecule has 0 fully saturated rings. The molecular weight excluding hydrogens is 394 g/mol. The number of nitrogens with one attached hydrogen (secondary N) is 2. The Hall–Kier alpha value is -3.23. The third-order valence-corrected chi connectivity index (χ3v) is 4.89. The van der Waals surface area contributed by atoms with Gasteiger partial charge in [-0.3, -0.25) is 4.79 Å². The van der Waals surface area contributed by atoms with Crippen molar-refractivity contribution in [3.05, 3.63) is 77.0 Å². The van der Waals surface area contributed by atoms with Crippen molar-refractivity contribution in [1.29, 1.82) is 0 Å². The molecule has 0 spiro atoms. The van der Waals surface area contributed by atoms with Crippen molar-refractivity contribution in [1.82, 2.24) is 14.5 Å². The van der Waals surface area contributed by atoms with Crippen LogP contribution in [0.1, 0.15) is 25.8 Å².